The van der Waals surface area contributed by atoms with Crippen molar-refractivity contribution in [2.24, 2.45) is 0 Å². The fraction of sp³-hybridized carbons (Fsp3) is 0.235. The summed E-state index contributed by atoms with van der Waals surface area (Å²) in [6, 6.07) is 9.85. The summed E-state index contributed by atoms with van der Waals surface area (Å²) >= 11 is 0. The Kier molecular flexibility index (Phi) is 4.89. The van der Waals surface area contributed by atoms with Gasteiger partial charge >= 0.3 is 17.6 Å². The Hall–Kier alpha value is -3.30. The van der Waals surface area contributed by atoms with E-state index in [0.29, 0.717) is 17.1 Å². The predicted octanol–water partition coefficient (Wildman–Crippen LogP) is 3.73. The number of nitro benzene ring substituents is 1. The third kappa shape index (κ3) is 3.78. The van der Waals surface area contributed by atoms with E-state index in [2.05, 4.69) is 4.98 Å². The van der Waals surface area contributed by atoms with Crippen molar-refractivity contribution < 1.29 is 22.8 Å². The van der Waals surface area contributed by atoms with Gasteiger partial charge in [0, 0.05) is 6.54 Å². The van der Waals surface area contributed by atoms with E-state index < -0.39 is 28.1 Å². The number of aryl methyl sites for hydroxylation is 1. The van der Waals surface area contributed by atoms with E-state index in [9.17, 15) is 28.1 Å². The molecule has 142 valence electrons. The Balaban J connectivity index is 1.73. The van der Waals surface area contributed by atoms with Gasteiger partial charge in [-0.2, -0.15) is 13.2 Å². The lowest BCUT2D eigenvalue weighted by Gasteiger charge is -2.11. The molecule has 3 rings (SSSR count). The fourth-order valence-electron chi connectivity index (χ4n) is 2.79. The summed E-state index contributed by atoms with van der Waals surface area (Å²) in [5.74, 6) is -0.457. The normalized spacial score (nSPS) is 11.7. The van der Waals surface area contributed by atoms with E-state index in [1.54, 1.807) is 24.3 Å². The number of H-pyrrole nitrogens is 1. The number of nitrogens with zero attached hydrogens (tertiary/aromatic N) is 2. The molecule has 3 aromatic rings. The van der Waals surface area contributed by atoms with Crippen LogP contribution in [0.15, 0.2) is 47.3 Å². The molecule has 0 aliphatic heterocycles. The molecule has 27 heavy (non-hydrogen) atoms. The van der Waals surface area contributed by atoms with Crippen LogP contribution in [0.25, 0.3) is 11.0 Å². The number of imidazole rings is 1. The Morgan fingerprint density at radius 2 is 1.89 bits per heavy atom. The van der Waals surface area contributed by atoms with Crippen molar-refractivity contribution in [2.75, 3.05) is 6.61 Å². The maximum Gasteiger partial charge on any atom is 0.423 e. The minimum Gasteiger partial charge on any atom is -0.487 e. The zero-order valence-corrected chi connectivity index (χ0v) is 13.8. The van der Waals surface area contributed by atoms with Crippen molar-refractivity contribution in [3.8, 4) is 5.75 Å². The largest absolute Gasteiger partial charge is 0.487 e. The predicted molar refractivity (Wildman–Crippen MR) is 90.8 cm³/mol. The highest BCUT2D eigenvalue weighted by Gasteiger charge is 2.40. The van der Waals surface area contributed by atoms with Gasteiger partial charge in [-0.15, -0.1) is 0 Å². The van der Waals surface area contributed by atoms with E-state index in [-0.39, 0.29) is 25.3 Å². The van der Waals surface area contributed by atoms with Crippen LogP contribution in [-0.4, -0.2) is 21.1 Å². The maximum atomic E-state index is 13.0. The number of fused-ring (bicyclic) bond motifs is 1. The van der Waals surface area contributed by atoms with Gasteiger partial charge in [0.05, 0.1) is 22.6 Å². The average Bonchev–Trinajstić information content (AvgIpc) is 2.93. The third-order valence-corrected chi connectivity index (χ3v) is 3.95. The lowest BCUT2D eigenvalue weighted by molar-refractivity contribution is -0.389. The van der Waals surface area contributed by atoms with Crippen LogP contribution >= 0.6 is 0 Å². The fourth-order valence-corrected chi connectivity index (χ4v) is 2.79. The quantitative estimate of drug-likeness (QED) is 0.400. The van der Waals surface area contributed by atoms with Crippen LogP contribution in [0.2, 0.25) is 0 Å². The number of alkyl halides is 3. The SMILES string of the molecule is O=c1[nH]c2ccccc2n1CCCOc1cccc(C(F)(F)F)c1[N+](=O)[O-]. The summed E-state index contributed by atoms with van der Waals surface area (Å²) in [6.45, 7) is 0.156. The molecule has 0 fully saturated rings. The molecule has 10 heteroatoms. The molecule has 0 spiro atoms. The average molecular weight is 381 g/mol. The first kappa shape index (κ1) is 18.5. The molecule has 0 aliphatic carbocycles. The number of aromatic amines is 1. The second-order valence-electron chi connectivity index (χ2n) is 5.71. The molecule has 0 bridgehead atoms. The van der Waals surface area contributed by atoms with Crippen LogP contribution in [-0.2, 0) is 12.7 Å². The Morgan fingerprint density at radius 3 is 2.59 bits per heavy atom. The van der Waals surface area contributed by atoms with Crippen molar-refractivity contribution in [1.29, 1.82) is 0 Å². The van der Waals surface area contributed by atoms with Gasteiger partial charge in [0.25, 0.3) is 0 Å². The molecule has 1 heterocycles. The van der Waals surface area contributed by atoms with Crippen LogP contribution < -0.4 is 10.4 Å². The van der Waals surface area contributed by atoms with Gasteiger partial charge in [-0.1, -0.05) is 18.2 Å². The first-order valence-corrected chi connectivity index (χ1v) is 7.94. The van der Waals surface area contributed by atoms with Crippen LogP contribution in [0.1, 0.15) is 12.0 Å². The van der Waals surface area contributed by atoms with E-state index >= 15 is 0 Å². The van der Waals surface area contributed by atoms with Crippen molar-refractivity contribution in [2.45, 2.75) is 19.1 Å². The van der Waals surface area contributed by atoms with Gasteiger partial charge in [-0.3, -0.25) is 14.7 Å². The molecular formula is C17H14F3N3O4. The molecule has 2 aromatic carbocycles. The van der Waals surface area contributed by atoms with Crippen molar-refractivity contribution in [3.63, 3.8) is 0 Å². The second-order valence-corrected chi connectivity index (χ2v) is 5.71. The van der Waals surface area contributed by atoms with Gasteiger partial charge in [0.2, 0.25) is 0 Å². The number of aromatic nitrogens is 2. The number of ether oxygens (including phenoxy) is 1. The lowest BCUT2D eigenvalue weighted by Crippen LogP contribution is -2.18. The number of hydrogen-bond donors (Lipinski definition) is 1. The molecule has 0 atom stereocenters. The van der Waals surface area contributed by atoms with Gasteiger partial charge in [-0.05, 0) is 30.7 Å². The molecule has 1 aromatic heterocycles. The summed E-state index contributed by atoms with van der Waals surface area (Å²) in [4.78, 5) is 24.6. The summed E-state index contributed by atoms with van der Waals surface area (Å²) in [7, 11) is 0. The number of rotatable bonds is 6. The summed E-state index contributed by atoms with van der Waals surface area (Å²) in [6.07, 6.45) is -4.59. The molecule has 0 aliphatic rings. The number of benzene rings is 2. The minimum absolute atomic E-state index is 0.0892. The second kappa shape index (κ2) is 7.14. The molecule has 1 N–H and O–H groups in total. The van der Waals surface area contributed by atoms with E-state index in [4.69, 9.17) is 4.74 Å². The van der Waals surface area contributed by atoms with E-state index in [1.165, 1.54) is 4.57 Å². The first-order valence-electron chi connectivity index (χ1n) is 7.94. The van der Waals surface area contributed by atoms with Gasteiger partial charge in [-0.25, -0.2) is 4.79 Å². The Labute approximate surface area is 150 Å². The monoisotopic (exact) mass is 381 g/mol. The highest BCUT2D eigenvalue weighted by Crippen LogP contribution is 2.41. The zero-order valence-electron chi connectivity index (χ0n) is 13.8. The molecule has 0 amide bonds. The highest BCUT2D eigenvalue weighted by atomic mass is 19.4. The molecular weight excluding hydrogens is 367 g/mol. The van der Waals surface area contributed by atoms with Gasteiger partial charge in [0.15, 0.2) is 5.75 Å². The number of para-hydroxylation sites is 3. The van der Waals surface area contributed by atoms with Crippen LogP contribution in [0.5, 0.6) is 5.75 Å². The van der Waals surface area contributed by atoms with Gasteiger partial charge in [0.1, 0.15) is 5.56 Å². The zero-order chi connectivity index (χ0) is 19.6. The van der Waals surface area contributed by atoms with Crippen molar-refractivity contribution in [3.05, 3.63) is 68.6 Å². The Morgan fingerprint density at radius 1 is 1.15 bits per heavy atom. The Bertz CT molecular complexity index is 1040. The topological polar surface area (TPSA) is 90.2 Å². The maximum absolute atomic E-state index is 13.0. The number of nitrogens with one attached hydrogen (secondary N) is 1. The molecule has 0 saturated carbocycles. The summed E-state index contributed by atoms with van der Waals surface area (Å²) in [5, 5.41) is 11.1. The van der Waals surface area contributed by atoms with Crippen LogP contribution in [0, 0.1) is 10.1 Å². The molecule has 7 nitrogen and oxygen atoms in total. The highest BCUT2D eigenvalue weighted by molar-refractivity contribution is 5.74. The lowest BCUT2D eigenvalue weighted by atomic mass is 10.1. The molecule has 0 radical (unpaired) electrons. The van der Waals surface area contributed by atoms with Crippen LogP contribution in [0.4, 0.5) is 18.9 Å². The number of hydrogen-bond acceptors (Lipinski definition) is 4. The smallest absolute Gasteiger partial charge is 0.423 e. The van der Waals surface area contributed by atoms with Crippen LogP contribution in [0.3, 0.4) is 0 Å². The third-order valence-electron chi connectivity index (χ3n) is 3.95. The number of halogens is 3. The number of nitro groups is 1. The standard InChI is InChI=1S/C17H14F3N3O4/c18-17(19,20)11-5-3-8-14(15(11)23(25)26)27-10-4-9-22-13-7-2-1-6-12(13)21-16(22)24/h1-3,5-8H,4,9-10H2,(H,21,24). The minimum atomic E-state index is -4.86. The van der Waals surface area contributed by atoms with Crippen molar-refractivity contribution in [1.82, 2.24) is 9.55 Å². The van der Waals surface area contributed by atoms with Gasteiger partial charge < -0.3 is 9.72 Å². The molecule has 0 unspecified atom stereocenters. The summed E-state index contributed by atoms with van der Waals surface area (Å²) < 4.78 is 45.6. The van der Waals surface area contributed by atoms with Crippen molar-refractivity contribution >= 4 is 16.7 Å². The van der Waals surface area contributed by atoms with E-state index in [1.807, 2.05) is 0 Å². The van der Waals surface area contributed by atoms with E-state index in [0.717, 1.165) is 12.1 Å². The molecule has 0 saturated heterocycles. The first-order chi connectivity index (χ1) is 12.8. The summed E-state index contributed by atoms with van der Waals surface area (Å²) in [5.41, 5.74) is -1.45.